The Kier molecular flexibility index (Phi) is 4.53. The molecule has 2 aliphatic heterocycles. The molecule has 8 nitrogen and oxygen atoms in total. The van der Waals surface area contributed by atoms with Crippen LogP contribution >= 0.6 is 0 Å². The Hall–Kier alpha value is -2.61. The van der Waals surface area contributed by atoms with Crippen LogP contribution in [0.15, 0.2) is 23.0 Å². The third kappa shape index (κ3) is 3.22. The molecule has 1 saturated carbocycles. The highest BCUT2D eigenvalue weighted by molar-refractivity contribution is 5.79. The fourth-order valence-electron chi connectivity index (χ4n) is 4.51. The van der Waals surface area contributed by atoms with E-state index in [2.05, 4.69) is 10.3 Å². The van der Waals surface area contributed by atoms with Gasteiger partial charge in [-0.25, -0.2) is 9.78 Å². The summed E-state index contributed by atoms with van der Waals surface area (Å²) in [6.07, 6.45) is 3.64. The van der Waals surface area contributed by atoms with Crippen molar-refractivity contribution in [2.45, 2.75) is 49.7 Å². The minimum absolute atomic E-state index is 0.0650. The third-order valence-corrected chi connectivity index (χ3v) is 6.35. The summed E-state index contributed by atoms with van der Waals surface area (Å²) in [5.74, 6) is 0.515. The zero-order valence-electron chi connectivity index (χ0n) is 16.2. The number of rotatable bonds is 5. The Balaban J connectivity index is 1.56. The van der Waals surface area contributed by atoms with Crippen molar-refractivity contribution < 1.29 is 19.4 Å². The quantitative estimate of drug-likeness (QED) is 0.816. The van der Waals surface area contributed by atoms with E-state index < -0.39 is 11.6 Å². The van der Waals surface area contributed by atoms with Crippen molar-refractivity contribution in [2.75, 3.05) is 13.7 Å². The molecule has 5 rings (SSSR count). The molecule has 2 aromatic rings. The number of amides is 1. The Morgan fingerprint density at radius 3 is 2.71 bits per heavy atom. The molecule has 4 heterocycles. The molecular weight excluding hydrogens is 362 g/mol. The SMILES string of the molecule is COc1ccc2c(n1)c(CCC13CCC(NC(=O)O)(CC1)CO3)cc(=O)n2C. The van der Waals surface area contributed by atoms with Crippen molar-refractivity contribution in [3.63, 3.8) is 0 Å². The van der Waals surface area contributed by atoms with Crippen LogP contribution in [0.2, 0.25) is 0 Å². The number of pyridine rings is 2. The lowest BCUT2D eigenvalue weighted by molar-refractivity contribution is -0.162. The molecule has 2 aromatic heterocycles. The van der Waals surface area contributed by atoms with E-state index in [4.69, 9.17) is 14.6 Å². The maximum absolute atomic E-state index is 12.4. The molecule has 150 valence electrons. The topological polar surface area (TPSA) is 103 Å². The van der Waals surface area contributed by atoms with Crippen LogP contribution in [0.5, 0.6) is 5.88 Å². The van der Waals surface area contributed by atoms with Crippen LogP contribution in [-0.4, -0.2) is 45.6 Å². The lowest BCUT2D eigenvalue weighted by atomic mass is 9.69. The van der Waals surface area contributed by atoms with Gasteiger partial charge in [-0.1, -0.05) is 0 Å². The summed E-state index contributed by atoms with van der Waals surface area (Å²) < 4.78 is 13.0. The van der Waals surface area contributed by atoms with Gasteiger partial charge >= 0.3 is 6.09 Å². The number of aryl methyl sites for hydroxylation is 2. The third-order valence-electron chi connectivity index (χ3n) is 6.35. The average Bonchev–Trinajstić information content (AvgIpc) is 2.70. The van der Waals surface area contributed by atoms with E-state index in [1.807, 2.05) is 6.07 Å². The van der Waals surface area contributed by atoms with Gasteiger partial charge in [0.25, 0.3) is 5.56 Å². The van der Waals surface area contributed by atoms with Gasteiger partial charge in [0.1, 0.15) is 0 Å². The van der Waals surface area contributed by atoms with Gasteiger partial charge in [-0.15, -0.1) is 0 Å². The van der Waals surface area contributed by atoms with E-state index in [9.17, 15) is 9.59 Å². The zero-order chi connectivity index (χ0) is 19.9. The molecule has 1 amide bonds. The second-order valence-electron chi connectivity index (χ2n) is 7.97. The fraction of sp³-hybridized carbons (Fsp3) is 0.550. The smallest absolute Gasteiger partial charge is 0.405 e. The molecule has 1 aliphatic carbocycles. The number of nitrogens with one attached hydrogen (secondary N) is 1. The maximum Gasteiger partial charge on any atom is 0.405 e. The Morgan fingerprint density at radius 1 is 1.36 bits per heavy atom. The number of hydrogen-bond donors (Lipinski definition) is 2. The summed E-state index contributed by atoms with van der Waals surface area (Å²) in [6.45, 7) is 0.405. The fourth-order valence-corrected chi connectivity index (χ4v) is 4.51. The van der Waals surface area contributed by atoms with Crippen LogP contribution in [0, 0.1) is 0 Å². The first-order valence-electron chi connectivity index (χ1n) is 9.54. The first-order chi connectivity index (χ1) is 13.4. The normalized spacial score (nSPS) is 26.4. The highest BCUT2D eigenvalue weighted by atomic mass is 16.5. The van der Waals surface area contributed by atoms with Gasteiger partial charge in [-0.2, -0.15) is 0 Å². The summed E-state index contributed by atoms with van der Waals surface area (Å²) in [4.78, 5) is 28.0. The highest BCUT2D eigenvalue weighted by Crippen LogP contribution is 2.46. The predicted octanol–water partition coefficient (Wildman–Crippen LogP) is 2.22. The molecular formula is C20H25N3O5. The van der Waals surface area contributed by atoms with Crippen molar-refractivity contribution in [3.8, 4) is 5.88 Å². The number of ether oxygens (including phenoxy) is 2. The molecule has 0 aromatic carbocycles. The van der Waals surface area contributed by atoms with E-state index in [1.54, 1.807) is 30.9 Å². The van der Waals surface area contributed by atoms with Gasteiger partial charge < -0.3 is 24.5 Å². The standard InChI is InChI=1S/C20H25N3O5/c1-23-14-3-4-15(27-2)21-17(14)13(11-16(23)24)5-6-20-9-7-19(8-10-20,12-28-20)22-18(25)26/h3-4,11,22H,5-10,12H2,1-2H3,(H,25,26). The second kappa shape index (κ2) is 6.77. The van der Waals surface area contributed by atoms with Crippen molar-refractivity contribution in [1.82, 2.24) is 14.9 Å². The number of fused-ring (bicyclic) bond motifs is 4. The van der Waals surface area contributed by atoms with Gasteiger partial charge in [0, 0.05) is 19.2 Å². The highest BCUT2D eigenvalue weighted by Gasteiger charge is 2.50. The summed E-state index contributed by atoms with van der Waals surface area (Å²) >= 11 is 0. The second-order valence-corrected chi connectivity index (χ2v) is 7.97. The number of carbonyl (C=O) groups is 1. The molecule has 2 bridgehead atoms. The molecule has 3 fully saturated rings. The summed E-state index contributed by atoms with van der Waals surface area (Å²) in [5, 5.41) is 11.7. The largest absolute Gasteiger partial charge is 0.481 e. The van der Waals surface area contributed by atoms with E-state index in [1.165, 1.54) is 0 Å². The number of hydrogen-bond acceptors (Lipinski definition) is 5. The Labute approximate surface area is 162 Å². The summed E-state index contributed by atoms with van der Waals surface area (Å²) in [6, 6.07) is 5.26. The van der Waals surface area contributed by atoms with Crippen LogP contribution in [0.1, 0.15) is 37.7 Å². The molecule has 2 N–H and O–H groups in total. The van der Waals surface area contributed by atoms with Crippen molar-refractivity contribution in [1.29, 1.82) is 0 Å². The summed E-state index contributed by atoms with van der Waals surface area (Å²) in [5.41, 5.74) is 1.67. The molecule has 0 spiro atoms. The first-order valence-corrected chi connectivity index (χ1v) is 9.54. The van der Waals surface area contributed by atoms with Gasteiger partial charge in [0.05, 0.1) is 35.9 Å². The van der Waals surface area contributed by atoms with Crippen LogP contribution < -0.4 is 15.6 Å². The minimum Gasteiger partial charge on any atom is -0.481 e. The average molecular weight is 387 g/mol. The molecule has 2 saturated heterocycles. The number of aromatic nitrogens is 2. The van der Waals surface area contributed by atoms with Crippen molar-refractivity contribution >= 4 is 17.1 Å². The van der Waals surface area contributed by atoms with Crippen LogP contribution in [0.25, 0.3) is 11.0 Å². The van der Waals surface area contributed by atoms with E-state index in [-0.39, 0.29) is 11.2 Å². The lowest BCUT2D eigenvalue weighted by Gasteiger charge is -2.53. The van der Waals surface area contributed by atoms with Crippen molar-refractivity contribution in [3.05, 3.63) is 34.1 Å². The lowest BCUT2D eigenvalue weighted by Crippen LogP contribution is -2.62. The number of nitrogens with zero attached hydrogens (tertiary/aromatic N) is 2. The van der Waals surface area contributed by atoms with E-state index in [0.717, 1.165) is 48.7 Å². The monoisotopic (exact) mass is 387 g/mol. The molecule has 8 heteroatoms. The molecule has 0 radical (unpaired) electrons. The minimum atomic E-state index is -0.996. The molecule has 3 aliphatic rings. The molecule has 28 heavy (non-hydrogen) atoms. The summed E-state index contributed by atoms with van der Waals surface area (Å²) in [7, 11) is 3.31. The predicted molar refractivity (Wildman–Crippen MR) is 103 cm³/mol. The number of methoxy groups -OCH3 is 1. The van der Waals surface area contributed by atoms with E-state index in [0.29, 0.717) is 18.9 Å². The van der Waals surface area contributed by atoms with Gasteiger partial charge in [-0.3, -0.25) is 4.79 Å². The zero-order valence-corrected chi connectivity index (χ0v) is 16.2. The van der Waals surface area contributed by atoms with Gasteiger partial charge in [0.2, 0.25) is 5.88 Å². The van der Waals surface area contributed by atoms with E-state index >= 15 is 0 Å². The maximum atomic E-state index is 12.4. The molecule has 0 unspecified atom stereocenters. The Morgan fingerprint density at radius 2 is 2.11 bits per heavy atom. The van der Waals surface area contributed by atoms with Crippen LogP contribution in [-0.2, 0) is 18.2 Å². The van der Waals surface area contributed by atoms with Crippen molar-refractivity contribution in [2.24, 2.45) is 7.05 Å². The van der Waals surface area contributed by atoms with Crippen LogP contribution in [0.3, 0.4) is 0 Å². The van der Waals surface area contributed by atoms with Crippen LogP contribution in [0.4, 0.5) is 4.79 Å². The first kappa shape index (κ1) is 18.7. The Bertz CT molecular complexity index is 959. The molecule has 0 atom stereocenters. The van der Waals surface area contributed by atoms with Gasteiger partial charge in [-0.05, 0) is 50.2 Å². The number of carboxylic acid groups (broad SMARTS) is 1. The van der Waals surface area contributed by atoms with Gasteiger partial charge in [0.15, 0.2) is 0 Å².